The first-order chi connectivity index (χ1) is 12.6. The van der Waals surface area contributed by atoms with Crippen LogP contribution in [-0.4, -0.2) is 27.3 Å². The van der Waals surface area contributed by atoms with Gasteiger partial charge in [-0.2, -0.15) is 0 Å². The van der Waals surface area contributed by atoms with Crippen molar-refractivity contribution in [2.24, 2.45) is 0 Å². The number of nitrogens with one attached hydrogen (secondary N) is 1. The van der Waals surface area contributed by atoms with Crippen LogP contribution in [0.5, 0.6) is 0 Å². The molecule has 0 radical (unpaired) electrons. The van der Waals surface area contributed by atoms with Crippen molar-refractivity contribution in [3.05, 3.63) is 52.1 Å². The summed E-state index contributed by atoms with van der Waals surface area (Å²) in [5.74, 6) is 0.181. The molecule has 7 heteroatoms. The van der Waals surface area contributed by atoms with Crippen molar-refractivity contribution in [1.82, 2.24) is 14.9 Å². The van der Waals surface area contributed by atoms with Gasteiger partial charge < -0.3 is 5.32 Å². The Kier molecular flexibility index (Phi) is 6.11. The third kappa shape index (κ3) is 4.16. The molecule has 3 aromatic rings. The minimum atomic E-state index is -0.107. The lowest BCUT2D eigenvalue weighted by Gasteiger charge is -2.14. The molecule has 1 aromatic carbocycles. The van der Waals surface area contributed by atoms with E-state index in [2.05, 4.69) is 17.2 Å². The van der Waals surface area contributed by atoms with Crippen LogP contribution >= 0.6 is 23.1 Å². The summed E-state index contributed by atoms with van der Waals surface area (Å²) in [6.07, 6.45) is 1.98. The third-order valence-electron chi connectivity index (χ3n) is 3.94. The molecule has 0 bridgehead atoms. The van der Waals surface area contributed by atoms with Crippen LogP contribution in [-0.2, 0) is 4.79 Å². The number of para-hydroxylation sites is 1. The zero-order valence-electron chi connectivity index (χ0n) is 14.8. The van der Waals surface area contributed by atoms with Crippen LogP contribution in [0.4, 0.5) is 0 Å². The van der Waals surface area contributed by atoms with E-state index in [9.17, 15) is 9.59 Å². The predicted molar refractivity (Wildman–Crippen MR) is 108 cm³/mol. The molecule has 136 valence electrons. The predicted octanol–water partition coefficient (Wildman–Crippen LogP) is 3.84. The van der Waals surface area contributed by atoms with Gasteiger partial charge in [-0.15, -0.1) is 11.3 Å². The fraction of sp³-hybridized carbons (Fsp3) is 0.316. The second kappa shape index (κ2) is 8.51. The van der Waals surface area contributed by atoms with E-state index in [4.69, 9.17) is 0 Å². The second-order valence-corrected chi connectivity index (χ2v) is 7.89. The summed E-state index contributed by atoms with van der Waals surface area (Å²) in [7, 11) is 0. The second-order valence-electron chi connectivity index (χ2n) is 6.06. The number of aromatic nitrogens is 2. The lowest BCUT2D eigenvalue weighted by Crippen LogP contribution is -2.33. The molecule has 0 aliphatic heterocycles. The number of hydrogen-bond acceptors (Lipinski definition) is 5. The number of nitrogens with zero attached hydrogens (tertiary/aromatic N) is 2. The van der Waals surface area contributed by atoms with Crippen LogP contribution in [0.15, 0.2) is 51.7 Å². The van der Waals surface area contributed by atoms with E-state index in [1.165, 1.54) is 23.1 Å². The molecular formula is C19H21N3O2S2. The molecular weight excluding hydrogens is 366 g/mol. The van der Waals surface area contributed by atoms with Crippen LogP contribution in [0.3, 0.4) is 0 Å². The Morgan fingerprint density at radius 2 is 2.08 bits per heavy atom. The molecule has 0 spiro atoms. The van der Waals surface area contributed by atoms with Crippen molar-refractivity contribution in [1.29, 1.82) is 0 Å². The molecule has 2 heterocycles. The molecule has 0 aliphatic rings. The van der Waals surface area contributed by atoms with E-state index in [0.29, 0.717) is 15.4 Å². The number of fused-ring (bicyclic) bond motifs is 1. The van der Waals surface area contributed by atoms with Gasteiger partial charge in [0.25, 0.3) is 5.56 Å². The molecule has 1 N–H and O–H groups in total. The smallest absolute Gasteiger partial charge is 0.267 e. The van der Waals surface area contributed by atoms with Crippen LogP contribution in [0.25, 0.3) is 15.9 Å². The summed E-state index contributed by atoms with van der Waals surface area (Å²) in [5.41, 5.74) is 0.644. The van der Waals surface area contributed by atoms with Crippen molar-refractivity contribution in [2.75, 3.05) is 5.75 Å². The SMILES string of the molecule is CCC[C@H](C)NC(=O)CSc1nc2sccc2c(=O)n1-c1ccccc1. The average molecular weight is 388 g/mol. The maximum Gasteiger partial charge on any atom is 0.267 e. The number of hydrogen-bond donors (Lipinski definition) is 1. The first-order valence-corrected chi connectivity index (χ1v) is 10.4. The first-order valence-electron chi connectivity index (χ1n) is 8.58. The average Bonchev–Trinajstić information content (AvgIpc) is 3.10. The number of thiophene rings is 1. The Labute approximate surface area is 160 Å². The van der Waals surface area contributed by atoms with E-state index < -0.39 is 0 Å². The van der Waals surface area contributed by atoms with Gasteiger partial charge in [-0.25, -0.2) is 4.98 Å². The molecule has 1 atom stereocenters. The number of carbonyl (C=O) groups excluding carboxylic acids is 1. The minimum absolute atomic E-state index is 0.0453. The Bertz CT molecular complexity index is 950. The minimum Gasteiger partial charge on any atom is -0.353 e. The van der Waals surface area contributed by atoms with Gasteiger partial charge in [-0.05, 0) is 36.9 Å². The van der Waals surface area contributed by atoms with E-state index >= 15 is 0 Å². The quantitative estimate of drug-likeness (QED) is 0.494. The van der Waals surface area contributed by atoms with E-state index in [0.717, 1.165) is 18.5 Å². The number of amides is 1. The fourth-order valence-electron chi connectivity index (χ4n) is 2.75. The van der Waals surface area contributed by atoms with Crippen LogP contribution < -0.4 is 10.9 Å². The van der Waals surface area contributed by atoms with Crippen molar-refractivity contribution >= 4 is 39.2 Å². The maximum absolute atomic E-state index is 12.9. The van der Waals surface area contributed by atoms with Gasteiger partial charge >= 0.3 is 0 Å². The van der Waals surface area contributed by atoms with Crippen LogP contribution in [0.2, 0.25) is 0 Å². The van der Waals surface area contributed by atoms with Gasteiger partial charge in [0.1, 0.15) is 4.83 Å². The zero-order valence-corrected chi connectivity index (χ0v) is 16.4. The summed E-state index contributed by atoms with van der Waals surface area (Å²) >= 11 is 2.72. The highest BCUT2D eigenvalue weighted by Gasteiger charge is 2.16. The lowest BCUT2D eigenvalue weighted by atomic mass is 10.2. The maximum atomic E-state index is 12.9. The molecule has 0 unspecified atom stereocenters. The highest BCUT2D eigenvalue weighted by molar-refractivity contribution is 7.99. The summed E-state index contributed by atoms with van der Waals surface area (Å²) < 4.78 is 1.59. The molecule has 0 fully saturated rings. The van der Waals surface area contributed by atoms with Gasteiger partial charge in [0.05, 0.1) is 16.8 Å². The Hall–Kier alpha value is -2.12. The van der Waals surface area contributed by atoms with Gasteiger partial charge in [-0.3, -0.25) is 14.2 Å². The van der Waals surface area contributed by atoms with Crippen molar-refractivity contribution in [3.8, 4) is 5.69 Å². The number of benzene rings is 1. The summed E-state index contributed by atoms with van der Waals surface area (Å²) in [6.45, 7) is 4.10. The normalized spacial score (nSPS) is 12.2. The zero-order chi connectivity index (χ0) is 18.5. The van der Waals surface area contributed by atoms with Crippen LogP contribution in [0.1, 0.15) is 26.7 Å². The highest BCUT2D eigenvalue weighted by Crippen LogP contribution is 2.23. The van der Waals surface area contributed by atoms with E-state index in [-0.39, 0.29) is 23.3 Å². The number of thioether (sulfide) groups is 1. The first kappa shape index (κ1) is 18.7. The molecule has 0 aliphatic carbocycles. The summed E-state index contributed by atoms with van der Waals surface area (Å²) in [6, 6.07) is 11.4. The van der Waals surface area contributed by atoms with Gasteiger partial charge in [0.2, 0.25) is 5.91 Å². The molecule has 1 amide bonds. The van der Waals surface area contributed by atoms with Crippen molar-refractivity contribution in [2.45, 2.75) is 37.9 Å². The monoisotopic (exact) mass is 387 g/mol. The Morgan fingerprint density at radius 1 is 1.31 bits per heavy atom. The topological polar surface area (TPSA) is 64.0 Å². The largest absolute Gasteiger partial charge is 0.353 e. The molecule has 2 aromatic heterocycles. The summed E-state index contributed by atoms with van der Waals surface area (Å²) in [5, 5.41) is 5.99. The highest BCUT2D eigenvalue weighted by atomic mass is 32.2. The van der Waals surface area contributed by atoms with Gasteiger partial charge in [0.15, 0.2) is 5.16 Å². The number of carbonyl (C=O) groups is 1. The van der Waals surface area contributed by atoms with Crippen molar-refractivity contribution in [3.63, 3.8) is 0 Å². The summed E-state index contributed by atoms with van der Waals surface area (Å²) in [4.78, 5) is 30.5. The standard InChI is InChI=1S/C19H21N3O2S2/c1-3-7-13(2)20-16(23)12-26-19-21-17-15(10-11-25-17)18(24)22(19)14-8-5-4-6-9-14/h4-6,8-11,13H,3,7,12H2,1-2H3,(H,20,23)/t13-/m0/s1. The lowest BCUT2D eigenvalue weighted by molar-refractivity contribution is -0.119. The third-order valence-corrected chi connectivity index (χ3v) is 5.69. The Morgan fingerprint density at radius 3 is 2.81 bits per heavy atom. The Balaban J connectivity index is 1.90. The molecule has 3 rings (SSSR count). The fourth-order valence-corrected chi connectivity index (χ4v) is 4.38. The van der Waals surface area contributed by atoms with Gasteiger partial charge in [0, 0.05) is 6.04 Å². The van der Waals surface area contributed by atoms with E-state index in [1.807, 2.05) is 42.6 Å². The van der Waals surface area contributed by atoms with Gasteiger partial charge in [-0.1, -0.05) is 43.3 Å². The molecule has 0 saturated carbocycles. The molecule has 5 nitrogen and oxygen atoms in total. The van der Waals surface area contributed by atoms with E-state index in [1.54, 1.807) is 10.6 Å². The van der Waals surface area contributed by atoms with Crippen LogP contribution in [0, 0.1) is 0 Å². The van der Waals surface area contributed by atoms with Crippen molar-refractivity contribution < 1.29 is 4.79 Å². The number of rotatable bonds is 7. The molecule has 26 heavy (non-hydrogen) atoms. The molecule has 0 saturated heterocycles.